The zero-order valence-electron chi connectivity index (χ0n) is 7.28. The normalized spacial score (nSPS) is 27.5. The number of rotatable bonds is 0. The van der Waals surface area contributed by atoms with Gasteiger partial charge in [0.15, 0.2) is 6.29 Å². The van der Waals surface area contributed by atoms with Crippen LogP contribution in [0.3, 0.4) is 0 Å². The van der Waals surface area contributed by atoms with Gasteiger partial charge in [-0.05, 0) is 19.9 Å². The van der Waals surface area contributed by atoms with Crippen molar-refractivity contribution in [1.82, 2.24) is 0 Å². The molecule has 1 aliphatic heterocycles. The zero-order valence-corrected chi connectivity index (χ0v) is 7.28. The summed E-state index contributed by atoms with van der Waals surface area (Å²) in [7, 11) is 0. The lowest BCUT2D eigenvalue weighted by atomic mass is 10.1. The molecule has 0 fully saturated rings. The maximum Gasteiger partial charge on any atom is 0.197 e. The molecule has 0 radical (unpaired) electrons. The molecular formula is C10H12O2. The summed E-state index contributed by atoms with van der Waals surface area (Å²) < 4.78 is 11.0. The van der Waals surface area contributed by atoms with Gasteiger partial charge in [-0.25, -0.2) is 0 Å². The Bertz CT molecular complexity index is 283. The fourth-order valence-corrected chi connectivity index (χ4v) is 1.49. The smallest absolute Gasteiger partial charge is 0.197 e. The van der Waals surface area contributed by atoms with Crippen LogP contribution >= 0.6 is 0 Å². The highest BCUT2D eigenvalue weighted by Gasteiger charge is 2.21. The average molecular weight is 164 g/mol. The minimum atomic E-state index is -0.130. The molecule has 0 saturated carbocycles. The first-order chi connectivity index (χ1) is 5.77. The summed E-state index contributed by atoms with van der Waals surface area (Å²) in [5, 5.41) is 0. The Morgan fingerprint density at radius 2 is 1.92 bits per heavy atom. The van der Waals surface area contributed by atoms with E-state index in [9.17, 15) is 0 Å². The molecule has 12 heavy (non-hydrogen) atoms. The van der Waals surface area contributed by atoms with Crippen LogP contribution in [-0.2, 0) is 4.74 Å². The van der Waals surface area contributed by atoms with Crippen LogP contribution in [-0.4, -0.2) is 6.29 Å². The average Bonchev–Trinajstić information content (AvgIpc) is 2.04. The van der Waals surface area contributed by atoms with Gasteiger partial charge in [-0.3, -0.25) is 0 Å². The van der Waals surface area contributed by atoms with Crippen molar-refractivity contribution in [2.75, 3.05) is 0 Å². The van der Waals surface area contributed by atoms with E-state index in [2.05, 4.69) is 0 Å². The standard InChI is InChI=1S/C10H12O2/c1-7-9-5-3-4-6-10(9)12-8(2)11-7/h3-8H,1-2H3. The van der Waals surface area contributed by atoms with Gasteiger partial charge in [0.2, 0.25) is 0 Å². The van der Waals surface area contributed by atoms with Crippen molar-refractivity contribution in [2.24, 2.45) is 0 Å². The Kier molecular flexibility index (Phi) is 1.77. The largest absolute Gasteiger partial charge is 0.465 e. The molecule has 1 aromatic carbocycles. The van der Waals surface area contributed by atoms with Crippen LogP contribution in [0.15, 0.2) is 24.3 Å². The Balaban J connectivity index is 2.40. The second-order valence-corrected chi connectivity index (χ2v) is 3.00. The lowest BCUT2D eigenvalue weighted by molar-refractivity contribution is -0.122. The summed E-state index contributed by atoms with van der Waals surface area (Å²) >= 11 is 0. The molecule has 2 atom stereocenters. The summed E-state index contributed by atoms with van der Waals surface area (Å²) in [5.74, 6) is 0.948. The monoisotopic (exact) mass is 164 g/mol. The molecule has 2 unspecified atom stereocenters. The number of benzene rings is 1. The number of hydrogen-bond donors (Lipinski definition) is 0. The van der Waals surface area contributed by atoms with E-state index >= 15 is 0 Å². The molecule has 64 valence electrons. The highest BCUT2D eigenvalue weighted by molar-refractivity contribution is 5.35. The molecule has 0 spiro atoms. The molecule has 0 bridgehead atoms. The van der Waals surface area contributed by atoms with Crippen LogP contribution in [0.1, 0.15) is 25.5 Å². The third kappa shape index (κ3) is 1.18. The number of fused-ring (bicyclic) bond motifs is 1. The van der Waals surface area contributed by atoms with E-state index in [1.807, 2.05) is 38.1 Å². The number of ether oxygens (including phenoxy) is 2. The van der Waals surface area contributed by atoms with Crippen LogP contribution in [0.2, 0.25) is 0 Å². The predicted molar refractivity (Wildman–Crippen MR) is 46.0 cm³/mol. The third-order valence-corrected chi connectivity index (χ3v) is 2.05. The lowest BCUT2D eigenvalue weighted by Gasteiger charge is -2.28. The van der Waals surface area contributed by atoms with E-state index in [0.717, 1.165) is 11.3 Å². The maximum atomic E-state index is 5.49. The second kappa shape index (κ2) is 2.79. The van der Waals surface area contributed by atoms with E-state index < -0.39 is 0 Å². The van der Waals surface area contributed by atoms with Crippen molar-refractivity contribution in [3.8, 4) is 5.75 Å². The fraction of sp³-hybridized carbons (Fsp3) is 0.400. The Morgan fingerprint density at radius 1 is 1.17 bits per heavy atom. The molecule has 2 nitrogen and oxygen atoms in total. The molecule has 0 N–H and O–H groups in total. The molecule has 0 aromatic heterocycles. The summed E-state index contributed by atoms with van der Waals surface area (Å²) in [6, 6.07) is 7.98. The molecule has 2 heteroatoms. The van der Waals surface area contributed by atoms with Crippen molar-refractivity contribution < 1.29 is 9.47 Å². The summed E-state index contributed by atoms with van der Waals surface area (Å²) in [6.07, 6.45) is 0.0137. The van der Waals surface area contributed by atoms with Crippen molar-refractivity contribution in [2.45, 2.75) is 26.2 Å². The SMILES string of the molecule is CC1Oc2ccccc2C(C)O1. The molecule has 0 aliphatic carbocycles. The Labute approximate surface area is 72.1 Å². The van der Waals surface area contributed by atoms with Crippen LogP contribution < -0.4 is 4.74 Å². The van der Waals surface area contributed by atoms with Crippen LogP contribution in [0, 0.1) is 0 Å². The van der Waals surface area contributed by atoms with Gasteiger partial charge in [-0.2, -0.15) is 0 Å². The van der Waals surface area contributed by atoms with Gasteiger partial charge >= 0.3 is 0 Å². The predicted octanol–water partition coefficient (Wildman–Crippen LogP) is 2.50. The molecule has 1 aliphatic rings. The van der Waals surface area contributed by atoms with Gasteiger partial charge in [-0.1, -0.05) is 18.2 Å². The number of hydrogen-bond acceptors (Lipinski definition) is 2. The summed E-state index contributed by atoms with van der Waals surface area (Å²) in [5.41, 5.74) is 1.13. The van der Waals surface area contributed by atoms with Gasteiger partial charge in [0.05, 0.1) is 6.10 Å². The summed E-state index contributed by atoms with van der Waals surface area (Å²) in [4.78, 5) is 0. The van der Waals surface area contributed by atoms with E-state index in [4.69, 9.17) is 9.47 Å². The zero-order chi connectivity index (χ0) is 8.55. The molecular weight excluding hydrogens is 152 g/mol. The van der Waals surface area contributed by atoms with E-state index in [1.54, 1.807) is 0 Å². The third-order valence-electron chi connectivity index (χ3n) is 2.05. The molecule has 1 aromatic rings. The number of para-hydroxylation sites is 1. The molecule has 0 amide bonds. The van der Waals surface area contributed by atoms with Crippen LogP contribution in [0.25, 0.3) is 0 Å². The topological polar surface area (TPSA) is 18.5 Å². The van der Waals surface area contributed by atoms with E-state index in [1.165, 1.54) is 0 Å². The van der Waals surface area contributed by atoms with Crippen molar-refractivity contribution in [1.29, 1.82) is 0 Å². The highest BCUT2D eigenvalue weighted by atomic mass is 16.7. The maximum absolute atomic E-state index is 5.49. The minimum absolute atomic E-state index is 0.130. The van der Waals surface area contributed by atoms with Crippen molar-refractivity contribution in [3.05, 3.63) is 29.8 Å². The minimum Gasteiger partial charge on any atom is -0.465 e. The molecule has 1 heterocycles. The van der Waals surface area contributed by atoms with Crippen molar-refractivity contribution in [3.63, 3.8) is 0 Å². The first-order valence-electron chi connectivity index (χ1n) is 4.18. The molecule has 2 rings (SSSR count). The van der Waals surface area contributed by atoms with Gasteiger partial charge in [0, 0.05) is 5.56 Å². The van der Waals surface area contributed by atoms with Gasteiger partial charge in [0.1, 0.15) is 5.75 Å². The first-order valence-corrected chi connectivity index (χ1v) is 4.18. The highest BCUT2D eigenvalue weighted by Crippen LogP contribution is 2.33. The van der Waals surface area contributed by atoms with E-state index in [0.29, 0.717) is 0 Å². The fourth-order valence-electron chi connectivity index (χ4n) is 1.49. The van der Waals surface area contributed by atoms with Crippen LogP contribution in [0.5, 0.6) is 5.75 Å². The Hall–Kier alpha value is -1.02. The Morgan fingerprint density at radius 3 is 2.75 bits per heavy atom. The molecule has 0 saturated heterocycles. The van der Waals surface area contributed by atoms with Gasteiger partial charge in [0.25, 0.3) is 0 Å². The van der Waals surface area contributed by atoms with Crippen molar-refractivity contribution >= 4 is 0 Å². The van der Waals surface area contributed by atoms with Gasteiger partial charge in [-0.15, -0.1) is 0 Å². The summed E-state index contributed by atoms with van der Waals surface area (Å²) in [6.45, 7) is 3.95. The second-order valence-electron chi connectivity index (χ2n) is 3.00. The lowest BCUT2D eigenvalue weighted by Crippen LogP contribution is -2.24. The van der Waals surface area contributed by atoms with Crippen LogP contribution in [0.4, 0.5) is 0 Å². The van der Waals surface area contributed by atoms with Gasteiger partial charge < -0.3 is 9.47 Å². The first kappa shape index (κ1) is 7.62. The quantitative estimate of drug-likeness (QED) is 0.586. The van der Waals surface area contributed by atoms with E-state index in [-0.39, 0.29) is 12.4 Å².